The molecule has 0 saturated carbocycles. The quantitative estimate of drug-likeness (QED) is 0.804. The number of carbonyl (C=O) groups excluding carboxylic acids is 3. The summed E-state index contributed by atoms with van der Waals surface area (Å²) in [4.78, 5) is 37.6. The Morgan fingerprint density at radius 1 is 1.30 bits per heavy atom. The number of benzene rings is 1. The predicted molar refractivity (Wildman–Crippen MR) is 72.5 cm³/mol. The average molecular weight is 274 g/mol. The van der Waals surface area contributed by atoms with Crippen LogP contribution >= 0.6 is 0 Å². The van der Waals surface area contributed by atoms with Gasteiger partial charge < -0.3 is 15.5 Å². The minimum Gasteiger partial charge on any atom is -0.326 e. The van der Waals surface area contributed by atoms with E-state index in [0.29, 0.717) is 30.9 Å². The number of anilines is 2. The fourth-order valence-electron chi connectivity index (χ4n) is 2.32. The van der Waals surface area contributed by atoms with Gasteiger partial charge in [0.05, 0.1) is 6.42 Å². The van der Waals surface area contributed by atoms with Gasteiger partial charge in [0.1, 0.15) is 0 Å². The van der Waals surface area contributed by atoms with Gasteiger partial charge in [-0.25, -0.2) is 14.5 Å². The maximum atomic E-state index is 12.0. The Kier molecular flexibility index (Phi) is 2.81. The normalized spacial score (nSPS) is 17.2. The largest absolute Gasteiger partial charge is 0.330 e. The van der Waals surface area contributed by atoms with E-state index >= 15 is 0 Å². The highest BCUT2D eigenvalue weighted by molar-refractivity contribution is 6.03. The zero-order valence-corrected chi connectivity index (χ0v) is 11.0. The summed E-state index contributed by atoms with van der Waals surface area (Å²) in [5.74, 6) is -0.0557. The van der Waals surface area contributed by atoms with Crippen molar-refractivity contribution in [3.63, 3.8) is 0 Å². The van der Waals surface area contributed by atoms with E-state index in [1.54, 1.807) is 25.2 Å². The molecule has 1 aromatic rings. The second-order valence-electron chi connectivity index (χ2n) is 4.88. The van der Waals surface area contributed by atoms with Gasteiger partial charge in [-0.15, -0.1) is 0 Å². The van der Waals surface area contributed by atoms with Gasteiger partial charge in [-0.1, -0.05) is 6.07 Å². The monoisotopic (exact) mass is 274 g/mol. The molecule has 2 aliphatic heterocycles. The minimum absolute atomic E-state index is 0.0557. The first-order valence-corrected chi connectivity index (χ1v) is 6.31. The third-order valence-corrected chi connectivity index (χ3v) is 3.45. The molecule has 104 valence electrons. The molecule has 0 aromatic heterocycles. The van der Waals surface area contributed by atoms with Crippen molar-refractivity contribution in [2.45, 2.75) is 6.42 Å². The molecule has 1 fully saturated rings. The maximum Gasteiger partial charge on any atom is 0.330 e. The fraction of sp³-hybridized carbons (Fsp3) is 0.308. The van der Waals surface area contributed by atoms with Crippen LogP contribution in [0, 0.1) is 0 Å². The van der Waals surface area contributed by atoms with Crippen LogP contribution in [-0.2, 0) is 11.2 Å². The molecule has 1 saturated heterocycles. The van der Waals surface area contributed by atoms with Gasteiger partial charge in [0.25, 0.3) is 0 Å². The Labute approximate surface area is 115 Å². The molecule has 1 aromatic carbocycles. The summed E-state index contributed by atoms with van der Waals surface area (Å²) in [6.45, 7) is 0.912. The second-order valence-corrected chi connectivity index (χ2v) is 4.88. The Morgan fingerprint density at radius 2 is 2.10 bits per heavy atom. The number of urea groups is 2. The second kappa shape index (κ2) is 4.52. The lowest BCUT2D eigenvalue weighted by Crippen LogP contribution is -2.37. The van der Waals surface area contributed by atoms with Crippen molar-refractivity contribution in [3.05, 3.63) is 23.8 Å². The van der Waals surface area contributed by atoms with Gasteiger partial charge in [0, 0.05) is 31.5 Å². The van der Waals surface area contributed by atoms with Crippen LogP contribution in [0.1, 0.15) is 5.56 Å². The van der Waals surface area contributed by atoms with Gasteiger partial charge in [-0.3, -0.25) is 4.79 Å². The summed E-state index contributed by atoms with van der Waals surface area (Å²) < 4.78 is 0. The molecule has 0 atom stereocenters. The molecule has 5 amide bonds. The number of hydrogen-bond acceptors (Lipinski definition) is 3. The third-order valence-electron chi connectivity index (χ3n) is 3.45. The Balaban J connectivity index is 1.73. The molecule has 2 heterocycles. The summed E-state index contributed by atoms with van der Waals surface area (Å²) in [6, 6.07) is 4.45. The van der Waals surface area contributed by atoms with Crippen molar-refractivity contribution in [1.82, 2.24) is 9.80 Å². The number of nitrogens with one attached hydrogen (secondary N) is 2. The SMILES string of the molecule is CN1CCN(C(=O)Nc2ccc3c(c2)NC(=O)C3)C1=O. The zero-order chi connectivity index (χ0) is 14.3. The summed E-state index contributed by atoms with van der Waals surface area (Å²) in [5, 5.41) is 5.38. The van der Waals surface area contributed by atoms with Gasteiger partial charge in [0.2, 0.25) is 5.91 Å². The van der Waals surface area contributed by atoms with Crippen LogP contribution < -0.4 is 10.6 Å². The Morgan fingerprint density at radius 3 is 2.80 bits per heavy atom. The first kappa shape index (κ1) is 12.5. The minimum atomic E-state index is -0.455. The van der Waals surface area contributed by atoms with Crippen LogP contribution in [0.25, 0.3) is 0 Å². The van der Waals surface area contributed by atoms with E-state index in [1.807, 2.05) is 0 Å². The molecule has 0 unspecified atom stereocenters. The maximum absolute atomic E-state index is 12.0. The number of rotatable bonds is 1. The van der Waals surface area contributed by atoms with Crippen LogP contribution in [0.2, 0.25) is 0 Å². The van der Waals surface area contributed by atoms with Crippen molar-refractivity contribution in [2.75, 3.05) is 30.8 Å². The Hall–Kier alpha value is -2.57. The molecule has 20 heavy (non-hydrogen) atoms. The molecule has 0 bridgehead atoms. The fourth-order valence-corrected chi connectivity index (χ4v) is 2.32. The average Bonchev–Trinajstić information content (AvgIpc) is 2.92. The zero-order valence-electron chi connectivity index (χ0n) is 11.0. The van der Waals surface area contributed by atoms with E-state index in [2.05, 4.69) is 10.6 Å². The van der Waals surface area contributed by atoms with Crippen molar-refractivity contribution < 1.29 is 14.4 Å². The highest BCUT2D eigenvalue weighted by atomic mass is 16.2. The summed E-state index contributed by atoms with van der Waals surface area (Å²) >= 11 is 0. The van der Waals surface area contributed by atoms with Gasteiger partial charge in [-0.2, -0.15) is 0 Å². The van der Waals surface area contributed by atoms with Crippen LogP contribution in [0.15, 0.2) is 18.2 Å². The predicted octanol–water partition coefficient (Wildman–Crippen LogP) is 1.08. The number of likely N-dealkylation sites (N-methyl/N-ethyl adjacent to an activating group) is 1. The number of nitrogens with zero attached hydrogens (tertiary/aromatic N) is 2. The van der Waals surface area contributed by atoms with E-state index in [1.165, 1.54) is 4.90 Å². The molecule has 0 radical (unpaired) electrons. The van der Waals surface area contributed by atoms with Crippen molar-refractivity contribution in [3.8, 4) is 0 Å². The number of carbonyl (C=O) groups is 3. The lowest BCUT2D eigenvalue weighted by molar-refractivity contribution is -0.115. The van der Waals surface area contributed by atoms with Gasteiger partial charge in [-0.05, 0) is 17.7 Å². The number of hydrogen-bond donors (Lipinski definition) is 2. The first-order valence-electron chi connectivity index (χ1n) is 6.31. The summed E-state index contributed by atoms with van der Waals surface area (Å²) in [7, 11) is 1.65. The smallest absolute Gasteiger partial charge is 0.326 e. The van der Waals surface area contributed by atoms with Crippen LogP contribution in [0.3, 0.4) is 0 Å². The molecular formula is C13H14N4O3. The van der Waals surface area contributed by atoms with E-state index in [9.17, 15) is 14.4 Å². The molecule has 2 N–H and O–H groups in total. The molecule has 7 heteroatoms. The highest BCUT2D eigenvalue weighted by Gasteiger charge is 2.30. The Bertz CT molecular complexity index is 614. The molecule has 3 rings (SSSR count). The lowest BCUT2D eigenvalue weighted by atomic mass is 10.1. The molecule has 2 aliphatic rings. The van der Waals surface area contributed by atoms with E-state index in [-0.39, 0.29) is 11.9 Å². The van der Waals surface area contributed by atoms with Crippen molar-refractivity contribution in [2.24, 2.45) is 0 Å². The van der Waals surface area contributed by atoms with Crippen molar-refractivity contribution in [1.29, 1.82) is 0 Å². The molecular weight excluding hydrogens is 260 g/mol. The number of imide groups is 1. The standard InChI is InChI=1S/C13H14N4O3/c1-16-4-5-17(13(16)20)12(19)14-9-3-2-8-6-11(18)15-10(8)7-9/h2-3,7H,4-6H2,1H3,(H,14,19)(H,15,18). The van der Waals surface area contributed by atoms with E-state index in [4.69, 9.17) is 0 Å². The third kappa shape index (κ3) is 2.07. The van der Waals surface area contributed by atoms with E-state index in [0.717, 1.165) is 10.5 Å². The van der Waals surface area contributed by atoms with Crippen molar-refractivity contribution >= 4 is 29.3 Å². The molecule has 7 nitrogen and oxygen atoms in total. The summed E-state index contributed by atoms with van der Waals surface area (Å²) in [6.07, 6.45) is 0.360. The van der Waals surface area contributed by atoms with Gasteiger partial charge >= 0.3 is 12.1 Å². The lowest BCUT2D eigenvalue weighted by Gasteiger charge is -2.15. The molecule has 0 spiro atoms. The topological polar surface area (TPSA) is 81.8 Å². The number of fused-ring (bicyclic) bond motifs is 1. The summed E-state index contributed by atoms with van der Waals surface area (Å²) in [5.41, 5.74) is 2.17. The van der Waals surface area contributed by atoms with E-state index < -0.39 is 6.03 Å². The highest BCUT2D eigenvalue weighted by Crippen LogP contribution is 2.26. The van der Waals surface area contributed by atoms with Crippen LogP contribution in [0.5, 0.6) is 0 Å². The molecule has 0 aliphatic carbocycles. The van der Waals surface area contributed by atoms with Crippen LogP contribution in [0.4, 0.5) is 21.0 Å². The van der Waals surface area contributed by atoms with Crippen LogP contribution in [-0.4, -0.2) is 47.9 Å². The number of amides is 5. The van der Waals surface area contributed by atoms with Gasteiger partial charge in [0.15, 0.2) is 0 Å². The first-order chi connectivity index (χ1) is 9.54.